The molecule has 1 unspecified atom stereocenters. The minimum atomic E-state index is -0.448. The second-order valence-corrected chi connectivity index (χ2v) is 4.89. The summed E-state index contributed by atoms with van der Waals surface area (Å²) in [5.74, 6) is 0. The molecule has 0 bridgehead atoms. The van der Waals surface area contributed by atoms with Crippen molar-refractivity contribution >= 4 is 17.7 Å². The molecular formula is C10H20ClNO2. The molecule has 0 aliphatic rings. The van der Waals surface area contributed by atoms with E-state index in [4.69, 9.17) is 16.3 Å². The Bertz CT molecular complexity index is 177. The van der Waals surface area contributed by atoms with Crippen molar-refractivity contribution in [3.8, 4) is 0 Å². The summed E-state index contributed by atoms with van der Waals surface area (Å²) in [6.07, 6.45) is 1.51. The largest absolute Gasteiger partial charge is 0.444 e. The van der Waals surface area contributed by atoms with E-state index in [1.54, 1.807) is 0 Å². The average molecular weight is 222 g/mol. The summed E-state index contributed by atoms with van der Waals surface area (Å²) in [7, 11) is 0. The smallest absolute Gasteiger partial charge is 0.407 e. The van der Waals surface area contributed by atoms with Gasteiger partial charge in [0.25, 0.3) is 0 Å². The third kappa shape index (κ3) is 8.17. The lowest BCUT2D eigenvalue weighted by Gasteiger charge is -2.20. The number of halogens is 1. The molecule has 0 aromatic carbocycles. The van der Waals surface area contributed by atoms with Crippen molar-refractivity contribution in [3.05, 3.63) is 0 Å². The number of carbonyl (C=O) groups is 1. The number of nitrogens with one attached hydrogen (secondary N) is 1. The molecule has 0 saturated carbocycles. The molecule has 0 saturated heterocycles. The van der Waals surface area contributed by atoms with Gasteiger partial charge < -0.3 is 10.1 Å². The first kappa shape index (κ1) is 13.6. The molecule has 0 radical (unpaired) electrons. The van der Waals surface area contributed by atoms with Crippen LogP contribution in [0.3, 0.4) is 0 Å². The molecule has 1 atom stereocenters. The Balaban J connectivity index is 3.64. The van der Waals surface area contributed by atoms with Gasteiger partial charge in [-0.2, -0.15) is 0 Å². The van der Waals surface area contributed by atoms with E-state index in [0.29, 0.717) is 6.54 Å². The summed E-state index contributed by atoms with van der Waals surface area (Å²) in [5, 5.41) is 2.62. The highest BCUT2D eigenvalue weighted by Gasteiger charge is 2.16. The van der Waals surface area contributed by atoms with Crippen molar-refractivity contribution in [3.63, 3.8) is 0 Å². The van der Waals surface area contributed by atoms with Gasteiger partial charge in [0.2, 0.25) is 0 Å². The molecule has 1 amide bonds. The van der Waals surface area contributed by atoms with Crippen molar-refractivity contribution < 1.29 is 9.53 Å². The van der Waals surface area contributed by atoms with E-state index in [0.717, 1.165) is 12.8 Å². The summed E-state index contributed by atoms with van der Waals surface area (Å²) in [6.45, 7) is 8.01. The van der Waals surface area contributed by atoms with Crippen molar-refractivity contribution in [1.29, 1.82) is 0 Å². The summed E-state index contributed by atoms with van der Waals surface area (Å²) < 4.78 is 5.06. The summed E-state index contributed by atoms with van der Waals surface area (Å²) in [4.78, 5) is 11.2. The normalized spacial score (nSPS) is 13.5. The molecule has 0 aliphatic carbocycles. The predicted molar refractivity (Wildman–Crippen MR) is 58.8 cm³/mol. The van der Waals surface area contributed by atoms with Gasteiger partial charge in [0.1, 0.15) is 5.60 Å². The number of alkyl carbamates (subject to hydrolysis) is 1. The molecule has 0 aromatic rings. The number of ether oxygens (including phenoxy) is 1. The average Bonchev–Trinajstić information content (AvgIpc) is 1.98. The molecule has 3 nitrogen and oxygen atoms in total. The third-order valence-corrected chi connectivity index (χ3v) is 1.84. The van der Waals surface area contributed by atoms with Crippen LogP contribution in [-0.4, -0.2) is 23.6 Å². The molecule has 0 aliphatic heterocycles. The van der Waals surface area contributed by atoms with E-state index in [9.17, 15) is 4.79 Å². The lowest BCUT2D eigenvalue weighted by Crippen LogP contribution is -2.35. The summed E-state index contributed by atoms with van der Waals surface area (Å²) in [5.41, 5.74) is -0.448. The van der Waals surface area contributed by atoms with Crippen LogP contribution in [0.15, 0.2) is 0 Å². The van der Waals surface area contributed by atoms with Gasteiger partial charge in [-0.3, -0.25) is 0 Å². The van der Waals surface area contributed by atoms with Gasteiger partial charge in [0.15, 0.2) is 0 Å². The molecule has 84 valence electrons. The minimum Gasteiger partial charge on any atom is -0.444 e. The van der Waals surface area contributed by atoms with Crippen LogP contribution in [0.5, 0.6) is 0 Å². The van der Waals surface area contributed by atoms with E-state index in [-0.39, 0.29) is 5.38 Å². The molecule has 0 aromatic heterocycles. The van der Waals surface area contributed by atoms with Crippen molar-refractivity contribution in [2.75, 3.05) is 6.54 Å². The van der Waals surface area contributed by atoms with E-state index >= 15 is 0 Å². The lowest BCUT2D eigenvalue weighted by atomic mass is 10.2. The van der Waals surface area contributed by atoms with E-state index in [2.05, 4.69) is 12.2 Å². The minimum absolute atomic E-state index is 0.00693. The van der Waals surface area contributed by atoms with Crippen LogP contribution in [0, 0.1) is 0 Å². The zero-order valence-electron chi connectivity index (χ0n) is 9.39. The fourth-order valence-corrected chi connectivity index (χ4v) is 1.22. The third-order valence-electron chi connectivity index (χ3n) is 1.47. The van der Waals surface area contributed by atoms with Crippen molar-refractivity contribution in [2.45, 2.75) is 51.5 Å². The van der Waals surface area contributed by atoms with Gasteiger partial charge in [0, 0.05) is 6.54 Å². The number of alkyl halides is 1. The van der Waals surface area contributed by atoms with Crippen molar-refractivity contribution in [1.82, 2.24) is 5.32 Å². The Hall–Kier alpha value is -0.440. The zero-order valence-corrected chi connectivity index (χ0v) is 10.1. The topological polar surface area (TPSA) is 38.3 Å². The molecular weight excluding hydrogens is 202 g/mol. The van der Waals surface area contributed by atoms with E-state index < -0.39 is 11.7 Å². The second kappa shape index (κ2) is 6.12. The number of carbonyl (C=O) groups excluding carboxylic acids is 1. The van der Waals surface area contributed by atoms with E-state index in [1.165, 1.54) is 0 Å². The number of rotatable bonds is 4. The van der Waals surface area contributed by atoms with Crippen LogP contribution >= 0.6 is 11.6 Å². The molecule has 0 heterocycles. The number of amides is 1. The quantitative estimate of drug-likeness (QED) is 0.742. The van der Waals surface area contributed by atoms with Crippen LogP contribution in [-0.2, 0) is 4.74 Å². The highest BCUT2D eigenvalue weighted by molar-refractivity contribution is 6.20. The van der Waals surface area contributed by atoms with Gasteiger partial charge >= 0.3 is 6.09 Å². The Morgan fingerprint density at radius 2 is 2.07 bits per heavy atom. The molecule has 4 heteroatoms. The van der Waals surface area contributed by atoms with Crippen LogP contribution in [0.1, 0.15) is 40.5 Å². The first-order valence-corrected chi connectivity index (χ1v) is 5.39. The van der Waals surface area contributed by atoms with Gasteiger partial charge in [-0.15, -0.1) is 11.6 Å². The highest BCUT2D eigenvalue weighted by Crippen LogP contribution is 2.07. The maximum Gasteiger partial charge on any atom is 0.407 e. The monoisotopic (exact) mass is 221 g/mol. The fraction of sp³-hybridized carbons (Fsp3) is 0.900. The number of hydrogen-bond acceptors (Lipinski definition) is 2. The molecule has 14 heavy (non-hydrogen) atoms. The molecule has 0 spiro atoms. The van der Waals surface area contributed by atoms with Crippen LogP contribution < -0.4 is 5.32 Å². The van der Waals surface area contributed by atoms with Crippen molar-refractivity contribution in [2.24, 2.45) is 0 Å². The zero-order chi connectivity index (χ0) is 11.2. The van der Waals surface area contributed by atoms with Gasteiger partial charge in [0.05, 0.1) is 5.38 Å². The lowest BCUT2D eigenvalue weighted by molar-refractivity contribution is 0.0527. The predicted octanol–water partition coefficient (Wildman–Crippen LogP) is 2.92. The molecule has 1 N–H and O–H groups in total. The van der Waals surface area contributed by atoms with Crippen LogP contribution in [0.4, 0.5) is 4.79 Å². The first-order chi connectivity index (χ1) is 6.35. The van der Waals surface area contributed by atoms with Gasteiger partial charge in [-0.1, -0.05) is 13.3 Å². The second-order valence-electron chi connectivity index (χ2n) is 4.27. The maximum absolute atomic E-state index is 11.2. The van der Waals surface area contributed by atoms with Gasteiger partial charge in [-0.25, -0.2) is 4.79 Å². The fourth-order valence-electron chi connectivity index (χ4n) is 0.924. The first-order valence-electron chi connectivity index (χ1n) is 4.96. The van der Waals surface area contributed by atoms with Crippen LogP contribution in [0.2, 0.25) is 0 Å². The SMILES string of the molecule is CCCC(Cl)CNC(=O)OC(C)(C)C. The Labute approximate surface area is 91.2 Å². The number of hydrogen-bond donors (Lipinski definition) is 1. The maximum atomic E-state index is 11.2. The Morgan fingerprint density at radius 3 is 2.50 bits per heavy atom. The summed E-state index contributed by atoms with van der Waals surface area (Å²) in [6, 6.07) is 0. The summed E-state index contributed by atoms with van der Waals surface area (Å²) >= 11 is 5.93. The standard InChI is InChI=1S/C10H20ClNO2/c1-5-6-8(11)7-12-9(13)14-10(2,3)4/h8H,5-7H2,1-4H3,(H,12,13). The Kier molecular flexibility index (Phi) is 5.93. The van der Waals surface area contributed by atoms with Gasteiger partial charge in [-0.05, 0) is 27.2 Å². The molecule has 0 fully saturated rings. The highest BCUT2D eigenvalue weighted by atomic mass is 35.5. The van der Waals surface area contributed by atoms with E-state index in [1.807, 2.05) is 20.8 Å². The Morgan fingerprint density at radius 1 is 1.50 bits per heavy atom. The van der Waals surface area contributed by atoms with Crippen LogP contribution in [0.25, 0.3) is 0 Å². The molecule has 0 rings (SSSR count).